The Morgan fingerprint density at radius 1 is 1.27 bits per heavy atom. The van der Waals surface area contributed by atoms with Crippen LogP contribution in [-0.2, 0) is 9.53 Å². The number of rotatable bonds is 5. The summed E-state index contributed by atoms with van der Waals surface area (Å²) in [4.78, 5) is 30.5. The molecular formula is C18H23N3O5. The quantitative estimate of drug-likeness (QED) is 0.847. The maximum Gasteiger partial charge on any atom is 0.409 e. The van der Waals surface area contributed by atoms with E-state index in [1.807, 2.05) is 23.1 Å². The number of carboxylic acid groups (broad SMARTS) is 1. The molecule has 140 valence electrons. The number of hydrogen-bond donors (Lipinski definition) is 2. The van der Waals surface area contributed by atoms with Gasteiger partial charge in [0.1, 0.15) is 11.8 Å². The lowest BCUT2D eigenvalue weighted by Gasteiger charge is -2.37. The summed E-state index contributed by atoms with van der Waals surface area (Å²) in [5, 5.41) is 10.7. The monoisotopic (exact) mass is 361 g/mol. The highest BCUT2D eigenvalue weighted by atomic mass is 16.6. The fourth-order valence-electron chi connectivity index (χ4n) is 3.41. The van der Waals surface area contributed by atoms with E-state index in [1.165, 1.54) is 0 Å². The summed E-state index contributed by atoms with van der Waals surface area (Å²) in [6, 6.07) is 4.77. The Morgan fingerprint density at radius 2 is 2.00 bits per heavy atom. The Kier molecular flexibility index (Phi) is 5.32. The van der Waals surface area contributed by atoms with Crippen molar-refractivity contribution in [3.8, 4) is 5.75 Å². The number of fused-ring (bicyclic) bond motifs is 1. The number of aliphatic carboxylic acids is 1. The van der Waals surface area contributed by atoms with Gasteiger partial charge in [0.25, 0.3) is 0 Å². The fraction of sp³-hybridized carbons (Fsp3) is 0.444. The van der Waals surface area contributed by atoms with Crippen LogP contribution in [0.5, 0.6) is 5.75 Å². The Balaban J connectivity index is 1.83. The van der Waals surface area contributed by atoms with Crippen LogP contribution in [0.1, 0.15) is 18.5 Å². The van der Waals surface area contributed by atoms with E-state index in [-0.39, 0.29) is 6.09 Å². The van der Waals surface area contributed by atoms with Crippen molar-refractivity contribution in [2.24, 2.45) is 0 Å². The minimum Gasteiger partial charge on any atom is -0.495 e. The Morgan fingerprint density at radius 3 is 2.62 bits per heavy atom. The first kappa shape index (κ1) is 18.1. The van der Waals surface area contributed by atoms with E-state index in [9.17, 15) is 14.7 Å². The van der Waals surface area contributed by atoms with Crippen molar-refractivity contribution < 1.29 is 24.2 Å². The van der Waals surface area contributed by atoms with E-state index in [4.69, 9.17) is 9.47 Å². The molecule has 1 atom stereocenters. The van der Waals surface area contributed by atoms with Crippen molar-refractivity contribution in [2.45, 2.75) is 13.0 Å². The molecule has 3 rings (SSSR count). The highest BCUT2D eigenvalue weighted by molar-refractivity contribution is 5.92. The molecule has 0 spiro atoms. The van der Waals surface area contributed by atoms with E-state index in [2.05, 4.69) is 4.98 Å². The van der Waals surface area contributed by atoms with Gasteiger partial charge in [-0.3, -0.25) is 9.69 Å². The average Bonchev–Trinajstić information content (AvgIpc) is 3.06. The number of aromatic nitrogens is 1. The smallest absolute Gasteiger partial charge is 0.409 e. The number of amides is 1. The number of carbonyl (C=O) groups is 2. The van der Waals surface area contributed by atoms with Gasteiger partial charge >= 0.3 is 12.1 Å². The zero-order valence-electron chi connectivity index (χ0n) is 14.9. The standard InChI is InChI=1S/C18H23N3O5/c1-3-26-18(24)21-9-7-20(8-10-21)16(17(22)23)13-11-19-15-12(13)5-4-6-14(15)25-2/h4-6,11,16,19H,3,7-10H2,1-2H3,(H,22,23)/t16-/m1/s1. The first-order chi connectivity index (χ1) is 12.6. The molecule has 8 heteroatoms. The second kappa shape index (κ2) is 7.65. The van der Waals surface area contributed by atoms with Crippen LogP contribution in [0.25, 0.3) is 10.9 Å². The zero-order chi connectivity index (χ0) is 18.7. The van der Waals surface area contributed by atoms with Crippen molar-refractivity contribution in [3.05, 3.63) is 30.0 Å². The number of aromatic amines is 1. The van der Waals surface area contributed by atoms with E-state index in [0.29, 0.717) is 44.1 Å². The number of carboxylic acids is 1. The number of nitrogens with one attached hydrogen (secondary N) is 1. The van der Waals surface area contributed by atoms with Gasteiger partial charge in [-0.15, -0.1) is 0 Å². The molecule has 26 heavy (non-hydrogen) atoms. The van der Waals surface area contributed by atoms with Crippen LogP contribution in [0, 0.1) is 0 Å². The van der Waals surface area contributed by atoms with Gasteiger partial charge in [0.05, 0.1) is 19.2 Å². The fourth-order valence-corrected chi connectivity index (χ4v) is 3.41. The van der Waals surface area contributed by atoms with E-state index in [0.717, 1.165) is 10.9 Å². The van der Waals surface area contributed by atoms with Crippen LogP contribution in [0.3, 0.4) is 0 Å². The molecular weight excluding hydrogens is 338 g/mol. The number of benzene rings is 1. The minimum atomic E-state index is -0.918. The van der Waals surface area contributed by atoms with Gasteiger partial charge in [0.15, 0.2) is 0 Å². The number of hydrogen-bond acceptors (Lipinski definition) is 5. The summed E-state index contributed by atoms with van der Waals surface area (Å²) in [6.45, 7) is 3.90. The number of para-hydroxylation sites is 1. The number of piperazine rings is 1. The van der Waals surface area contributed by atoms with Crippen molar-refractivity contribution in [2.75, 3.05) is 39.9 Å². The lowest BCUT2D eigenvalue weighted by molar-refractivity contribution is -0.144. The Hall–Kier alpha value is -2.74. The molecule has 1 aromatic heterocycles. The number of ether oxygens (including phenoxy) is 2. The second-order valence-corrected chi connectivity index (χ2v) is 6.09. The largest absolute Gasteiger partial charge is 0.495 e. The molecule has 0 aliphatic carbocycles. The van der Waals surface area contributed by atoms with Crippen molar-refractivity contribution in [3.63, 3.8) is 0 Å². The first-order valence-corrected chi connectivity index (χ1v) is 8.59. The highest BCUT2D eigenvalue weighted by Gasteiger charge is 2.33. The molecule has 0 radical (unpaired) electrons. The third-order valence-electron chi connectivity index (χ3n) is 4.66. The molecule has 1 aliphatic rings. The SMILES string of the molecule is CCOC(=O)N1CCN([C@@H](C(=O)O)c2c[nH]c3c(OC)cccc23)CC1. The summed E-state index contributed by atoms with van der Waals surface area (Å²) in [6.07, 6.45) is 1.37. The number of methoxy groups -OCH3 is 1. The topological polar surface area (TPSA) is 95.1 Å². The van der Waals surface area contributed by atoms with Crippen molar-refractivity contribution in [1.29, 1.82) is 0 Å². The van der Waals surface area contributed by atoms with Gasteiger partial charge in [0.2, 0.25) is 0 Å². The van der Waals surface area contributed by atoms with Crippen LogP contribution in [0.2, 0.25) is 0 Å². The summed E-state index contributed by atoms with van der Waals surface area (Å²) in [7, 11) is 1.58. The first-order valence-electron chi connectivity index (χ1n) is 8.59. The number of H-pyrrole nitrogens is 1. The van der Waals surface area contributed by atoms with Crippen molar-refractivity contribution in [1.82, 2.24) is 14.8 Å². The third kappa shape index (κ3) is 3.32. The molecule has 1 fully saturated rings. The maximum atomic E-state index is 12.0. The average molecular weight is 361 g/mol. The normalized spacial score (nSPS) is 16.5. The summed E-state index contributed by atoms with van der Waals surface area (Å²) in [5.41, 5.74) is 1.47. The molecule has 2 N–H and O–H groups in total. The van der Waals surface area contributed by atoms with Gasteiger partial charge in [-0.25, -0.2) is 4.79 Å². The van der Waals surface area contributed by atoms with E-state index < -0.39 is 12.0 Å². The van der Waals surface area contributed by atoms with Crippen LogP contribution in [-0.4, -0.2) is 71.8 Å². The maximum absolute atomic E-state index is 12.0. The minimum absolute atomic E-state index is 0.327. The van der Waals surface area contributed by atoms with Crippen molar-refractivity contribution >= 4 is 23.0 Å². The van der Waals surface area contributed by atoms with E-state index >= 15 is 0 Å². The molecule has 2 heterocycles. The molecule has 0 unspecified atom stereocenters. The molecule has 1 aromatic carbocycles. The molecule has 1 amide bonds. The van der Waals surface area contributed by atoms with Crippen LogP contribution in [0.15, 0.2) is 24.4 Å². The molecule has 0 bridgehead atoms. The summed E-state index contributed by atoms with van der Waals surface area (Å²) in [5.74, 6) is -0.247. The van der Waals surface area contributed by atoms with Gasteiger partial charge in [-0.2, -0.15) is 0 Å². The third-order valence-corrected chi connectivity index (χ3v) is 4.66. The molecule has 8 nitrogen and oxygen atoms in total. The molecule has 1 aliphatic heterocycles. The predicted molar refractivity (Wildman–Crippen MR) is 95.4 cm³/mol. The van der Waals surface area contributed by atoms with Gasteiger partial charge < -0.3 is 24.5 Å². The van der Waals surface area contributed by atoms with Crippen LogP contribution < -0.4 is 4.74 Å². The predicted octanol–water partition coefficient (Wildman–Crippen LogP) is 2.08. The van der Waals surface area contributed by atoms with Crippen LogP contribution in [0.4, 0.5) is 4.79 Å². The number of nitrogens with zero attached hydrogens (tertiary/aromatic N) is 2. The summed E-state index contributed by atoms with van der Waals surface area (Å²) >= 11 is 0. The Bertz CT molecular complexity index is 795. The van der Waals surface area contributed by atoms with Gasteiger partial charge in [-0.1, -0.05) is 12.1 Å². The van der Waals surface area contributed by atoms with Crippen LogP contribution >= 0.6 is 0 Å². The second-order valence-electron chi connectivity index (χ2n) is 6.09. The van der Waals surface area contributed by atoms with Gasteiger partial charge in [-0.05, 0) is 13.0 Å². The molecule has 2 aromatic rings. The number of carbonyl (C=O) groups excluding carboxylic acids is 1. The Labute approximate surface area is 151 Å². The zero-order valence-corrected chi connectivity index (χ0v) is 14.9. The molecule has 1 saturated heterocycles. The molecule has 0 saturated carbocycles. The lowest BCUT2D eigenvalue weighted by atomic mass is 10.0. The lowest BCUT2D eigenvalue weighted by Crippen LogP contribution is -2.51. The van der Waals surface area contributed by atoms with Gasteiger partial charge in [0, 0.05) is 43.3 Å². The summed E-state index contributed by atoms with van der Waals surface area (Å²) < 4.78 is 10.4. The van der Waals surface area contributed by atoms with E-state index in [1.54, 1.807) is 25.1 Å². The highest BCUT2D eigenvalue weighted by Crippen LogP contribution is 2.33.